The van der Waals surface area contributed by atoms with Crippen molar-refractivity contribution in [2.45, 2.75) is 25.1 Å². The summed E-state index contributed by atoms with van der Waals surface area (Å²) in [5, 5.41) is 3.45. The second-order valence-electron chi connectivity index (χ2n) is 8.27. The van der Waals surface area contributed by atoms with E-state index in [1.807, 2.05) is 24.3 Å². The number of para-hydroxylation sites is 2. The number of piperazine rings is 1. The molecule has 2 heterocycles. The van der Waals surface area contributed by atoms with Crippen LogP contribution < -0.4 is 10.2 Å². The Morgan fingerprint density at radius 3 is 2.30 bits per heavy atom. The summed E-state index contributed by atoms with van der Waals surface area (Å²) in [5.74, 6) is 1.07. The average Bonchev–Trinajstić information content (AvgIpc) is 3.62. The van der Waals surface area contributed by atoms with Gasteiger partial charge in [-0.15, -0.1) is 0 Å². The van der Waals surface area contributed by atoms with Crippen LogP contribution in [0.4, 0.5) is 24.8 Å². The number of rotatable bonds is 4. The largest absolute Gasteiger partial charge is 0.417 e. The molecule has 1 amide bonds. The molecule has 1 aliphatic carbocycles. The highest BCUT2D eigenvalue weighted by Crippen LogP contribution is 2.36. The molecule has 0 radical (unpaired) electrons. The fourth-order valence-corrected chi connectivity index (χ4v) is 4.38. The highest BCUT2D eigenvalue weighted by atomic mass is 79.9. The molecule has 1 saturated heterocycles. The fraction of sp³-hybridized carbons (Fsp3) is 0.348. The molecule has 2 aliphatic rings. The third-order valence-electron chi connectivity index (χ3n) is 5.86. The fourth-order valence-electron chi connectivity index (χ4n) is 3.91. The molecule has 6 nitrogen and oxygen atoms in total. The summed E-state index contributed by atoms with van der Waals surface area (Å²) in [4.78, 5) is 26.2. The molecule has 0 bridgehead atoms. The molecular formula is C23H21BrF3N5O. The van der Waals surface area contributed by atoms with Crippen LogP contribution in [0.1, 0.15) is 28.8 Å². The molecule has 1 aliphatic heterocycles. The number of benzene rings is 2. The van der Waals surface area contributed by atoms with E-state index in [2.05, 4.69) is 26.1 Å². The van der Waals surface area contributed by atoms with Gasteiger partial charge in [-0.3, -0.25) is 4.79 Å². The number of aromatic nitrogens is 2. The zero-order chi connectivity index (χ0) is 23.2. The molecule has 172 valence electrons. The molecule has 1 saturated carbocycles. The van der Waals surface area contributed by atoms with Gasteiger partial charge in [0, 0.05) is 42.3 Å². The highest BCUT2D eigenvalue weighted by Gasteiger charge is 2.34. The monoisotopic (exact) mass is 519 g/mol. The first-order valence-electron chi connectivity index (χ1n) is 10.7. The molecule has 0 spiro atoms. The van der Waals surface area contributed by atoms with Crippen LogP contribution in [0.25, 0.3) is 11.0 Å². The van der Waals surface area contributed by atoms with Crippen LogP contribution in [0.15, 0.2) is 46.9 Å². The van der Waals surface area contributed by atoms with Crippen LogP contribution in [-0.4, -0.2) is 53.0 Å². The van der Waals surface area contributed by atoms with Crippen LogP contribution in [0, 0.1) is 0 Å². The number of nitrogens with one attached hydrogen (secondary N) is 1. The minimum Gasteiger partial charge on any atom is -0.364 e. The molecule has 1 aromatic heterocycles. The number of carbonyl (C=O) groups excluding carboxylic acids is 1. The Morgan fingerprint density at radius 1 is 1.00 bits per heavy atom. The first kappa shape index (κ1) is 21.9. The lowest BCUT2D eigenvalue weighted by Crippen LogP contribution is -2.49. The number of amides is 1. The van der Waals surface area contributed by atoms with Crippen LogP contribution in [0.5, 0.6) is 0 Å². The number of halogens is 4. The topological polar surface area (TPSA) is 61.4 Å². The summed E-state index contributed by atoms with van der Waals surface area (Å²) in [5.41, 5.74) is 0.783. The number of hydrogen-bond acceptors (Lipinski definition) is 5. The normalized spacial score (nSPS) is 16.8. The number of hydrogen-bond donors (Lipinski definition) is 1. The number of fused-ring (bicyclic) bond motifs is 1. The Kier molecular flexibility index (Phi) is 5.64. The minimum atomic E-state index is -4.53. The van der Waals surface area contributed by atoms with Crippen LogP contribution >= 0.6 is 15.9 Å². The molecule has 2 aromatic carbocycles. The maximum atomic E-state index is 13.2. The van der Waals surface area contributed by atoms with Gasteiger partial charge in [-0.25, -0.2) is 9.97 Å². The van der Waals surface area contributed by atoms with Gasteiger partial charge in [0.1, 0.15) is 0 Å². The molecule has 10 heteroatoms. The second kappa shape index (κ2) is 8.48. The molecule has 5 rings (SSSR count). The third-order valence-corrected chi connectivity index (χ3v) is 6.55. The summed E-state index contributed by atoms with van der Waals surface area (Å²) >= 11 is 2.92. The van der Waals surface area contributed by atoms with Crippen molar-refractivity contribution >= 4 is 44.5 Å². The molecule has 0 unspecified atom stereocenters. The van der Waals surface area contributed by atoms with E-state index in [-0.39, 0.29) is 10.0 Å². The Bertz CT molecular complexity index is 1210. The minimum absolute atomic E-state index is 0.0283. The Labute approximate surface area is 196 Å². The summed E-state index contributed by atoms with van der Waals surface area (Å²) in [7, 11) is 0. The number of carbonyl (C=O) groups is 1. The summed E-state index contributed by atoms with van der Waals surface area (Å²) in [6, 6.07) is 11.7. The van der Waals surface area contributed by atoms with E-state index in [4.69, 9.17) is 9.97 Å². The van der Waals surface area contributed by atoms with Gasteiger partial charge in [-0.1, -0.05) is 28.1 Å². The van der Waals surface area contributed by atoms with E-state index in [9.17, 15) is 18.0 Å². The lowest BCUT2D eigenvalue weighted by atomic mass is 10.1. The van der Waals surface area contributed by atoms with Crippen LogP contribution in [0.2, 0.25) is 0 Å². The Morgan fingerprint density at radius 2 is 1.67 bits per heavy atom. The average molecular weight is 520 g/mol. The lowest BCUT2D eigenvalue weighted by Gasteiger charge is -2.36. The van der Waals surface area contributed by atoms with E-state index in [0.29, 0.717) is 32.2 Å². The maximum Gasteiger partial charge on any atom is 0.417 e. The van der Waals surface area contributed by atoms with Crippen molar-refractivity contribution in [3.8, 4) is 0 Å². The van der Waals surface area contributed by atoms with Gasteiger partial charge in [0.15, 0.2) is 11.6 Å². The molecule has 1 N–H and O–H groups in total. The molecule has 2 fully saturated rings. The SMILES string of the molecule is O=C(c1ccc(Br)c(C(F)(F)F)c1)N1CCN(c2nc3ccccc3nc2NC2CC2)CC1. The lowest BCUT2D eigenvalue weighted by molar-refractivity contribution is -0.138. The first-order chi connectivity index (χ1) is 15.8. The third kappa shape index (κ3) is 4.62. The smallest absolute Gasteiger partial charge is 0.364 e. The Balaban J connectivity index is 1.34. The van der Waals surface area contributed by atoms with E-state index in [1.165, 1.54) is 12.1 Å². The van der Waals surface area contributed by atoms with Crippen molar-refractivity contribution in [1.29, 1.82) is 0 Å². The van der Waals surface area contributed by atoms with Crippen molar-refractivity contribution in [2.24, 2.45) is 0 Å². The molecule has 33 heavy (non-hydrogen) atoms. The van der Waals surface area contributed by atoms with Gasteiger partial charge in [0.05, 0.1) is 16.6 Å². The van der Waals surface area contributed by atoms with Crippen molar-refractivity contribution in [3.63, 3.8) is 0 Å². The highest BCUT2D eigenvalue weighted by molar-refractivity contribution is 9.10. The van der Waals surface area contributed by atoms with E-state index < -0.39 is 17.6 Å². The van der Waals surface area contributed by atoms with Gasteiger partial charge < -0.3 is 15.1 Å². The van der Waals surface area contributed by atoms with Gasteiger partial charge in [-0.05, 0) is 43.2 Å². The zero-order valence-electron chi connectivity index (χ0n) is 17.6. The molecular weight excluding hydrogens is 499 g/mol. The van der Waals surface area contributed by atoms with Gasteiger partial charge in [-0.2, -0.15) is 13.2 Å². The predicted octanol–water partition coefficient (Wildman–Crippen LogP) is 4.95. The van der Waals surface area contributed by atoms with Crippen molar-refractivity contribution < 1.29 is 18.0 Å². The van der Waals surface area contributed by atoms with Gasteiger partial charge in [0.2, 0.25) is 0 Å². The second-order valence-corrected chi connectivity index (χ2v) is 9.13. The first-order valence-corrected chi connectivity index (χ1v) is 11.5. The van der Waals surface area contributed by atoms with Crippen molar-refractivity contribution in [3.05, 3.63) is 58.1 Å². The van der Waals surface area contributed by atoms with E-state index >= 15 is 0 Å². The van der Waals surface area contributed by atoms with Crippen molar-refractivity contribution in [1.82, 2.24) is 14.9 Å². The van der Waals surface area contributed by atoms with Gasteiger partial charge >= 0.3 is 6.18 Å². The van der Waals surface area contributed by atoms with E-state index in [1.54, 1.807) is 4.90 Å². The summed E-state index contributed by atoms with van der Waals surface area (Å²) < 4.78 is 39.6. The number of nitrogens with zero attached hydrogens (tertiary/aromatic N) is 4. The van der Waals surface area contributed by atoms with E-state index in [0.717, 1.165) is 41.6 Å². The number of alkyl halides is 3. The van der Waals surface area contributed by atoms with Crippen molar-refractivity contribution in [2.75, 3.05) is 36.4 Å². The molecule has 0 atom stereocenters. The number of anilines is 2. The summed E-state index contributed by atoms with van der Waals surface area (Å²) in [6.07, 6.45) is -2.33. The zero-order valence-corrected chi connectivity index (χ0v) is 19.2. The molecule has 3 aromatic rings. The quantitative estimate of drug-likeness (QED) is 0.528. The van der Waals surface area contributed by atoms with Crippen LogP contribution in [0.3, 0.4) is 0 Å². The standard InChI is InChI=1S/C23H21BrF3N5O/c24-17-8-5-14(13-16(17)23(25,26)27)22(33)32-11-9-31(10-12-32)21-20(28-15-6-7-15)29-18-3-1-2-4-19(18)30-21/h1-5,8,13,15H,6-7,9-12H2,(H,28,29). The predicted molar refractivity (Wildman–Crippen MR) is 123 cm³/mol. The summed E-state index contributed by atoms with van der Waals surface area (Å²) in [6.45, 7) is 1.79. The Hall–Kier alpha value is -2.88. The van der Waals surface area contributed by atoms with Crippen LogP contribution in [-0.2, 0) is 6.18 Å². The maximum absolute atomic E-state index is 13.2. The van der Waals surface area contributed by atoms with Gasteiger partial charge in [0.25, 0.3) is 5.91 Å².